The lowest BCUT2D eigenvalue weighted by Gasteiger charge is -2.18. The molecular formula is C12H20N4O4S. The minimum absolute atomic E-state index is 0.0700. The molecule has 0 radical (unpaired) electrons. The Balaban J connectivity index is 2.06. The van der Waals surface area contributed by atoms with E-state index in [2.05, 4.69) is 19.7 Å². The fourth-order valence-corrected chi connectivity index (χ4v) is 4.37. The molecule has 1 aliphatic rings. The first kappa shape index (κ1) is 15.9. The highest BCUT2D eigenvalue weighted by Crippen LogP contribution is 2.31. The number of nitrogens with zero attached hydrogens (tertiary/aromatic N) is 3. The van der Waals surface area contributed by atoms with Crippen LogP contribution in [0.1, 0.15) is 32.0 Å². The van der Waals surface area contributed by atoms with Crippen LogP contribution < -0.4 is 4.72 Å². The number of ether oxygens (including phenoxy) is 1. The molecule has 2 rings (SSSR count). The zero-order valence-corrected chi connectivity index (χ0v) is 13.0. The topological polar surface area (TPSA) is 103 Å². The molecule has 1 N–H and O–H groups in total. The number of carbonyl (C=O) groups is 1. The molecule has 0 saturated heterocycles. The molecule has 0 amide bonds. The highest BCUT2D eigenvalue weighted by Gasteiger charge is 2.42. The van der Waals surface area contributed by atoms with Gasteiger partial charge in [0.2, 0.25) is 10.0 Å². The number of aromatic nitrogens is 3. The highest BCUT2D eigenvalue weighted by atomic mass is 32.2. The molecule has 9 heteroatoms. The number of methoxy groups -OCH3 is 1. The van der Waals surface area contributed by atoms with Crippen LogP contribution in [0.5, 0.6) is 0 Å². The molecule has 1 aromatic rings. The van der Waals surface area contributed by atoms with Crippen LogP contribution in [-0.2, 0) is 32.6 Å². The monoisotopic (exact) mass is 316 g/mol. The zero-order valence-electron chi connectivity index (χ0n) is 12.2. The van der Waals surface area contributed by atoms with Gasteiger partial charge >= 0.3 is 5.97 Å². The maximum absolute atomic E-state index is 12.4. The van der Waals surface area contributed by atoms with E-state index in [1.165, 1.54) is 7.11 Å². The van der Waals surface area contributed by atoms with Gasteiger partial charge in [0.25, 0.3) is 0 Å². The molecule has 0 spiro atoms. The molecule has 1 aromatic heterocycles. The molecule has 0 aliphatic heterocycles. The highest BCUT2D eigenvalue weighted by molar-refractivity contribution is 7.90. The first-order valence-electron chi connectivity index (χ1n) is 6.92. The Morgan fingerprint density at radius 2 is 2.29 bits per heavy atom. The number of sulfonamides is 1. The minimum Gasteiger partial charge on any atom is -0.469 e. The lowest BCUT2D eigenvalue weighted by atomic mass is 10.1. The smallest absolute Gasteiger partial charge is 0.310 e. The average molecular weight is 316 g/mol. The second-order valence-electron chi connectivity index (χ2n) is 5.00. The molecule has 1 fully saturated rings. The van der Waals surface area contributed by atoms with Crippen LogP contribution in [0.3, 0.4) is 0 Å². The Hall–Kier alpha value is -1.48. The van der Waals surface area contributed by atoms with E-state index in [9.17, 15) is 13.2 Å². The maximum atomic E-state index is 12.4. The van der Waals surface area contributed by atoms with Gasteiger partial charge in [-0.1, -0.05) is 6.42 Å². The van der Waals surface area contributed by atoms with E-state index < -0.39 is 27.2 Å². The second-order valence-corrected chi connectivity index (χ2v) is 6.98. The fourth-order valence-electron chi connectivity index (χ4n) is 2.67. The van der Waals surface area contributed by atoms with Crippen molar-refractivity contribution in [1.29, 1.82) is 0 Å². The van der Waals surface area contributed by atoms with Crippen LogP contribution in [-0.4, -0.2) is 41.5 Å². The van der Waals surface area contributed by atoms with E-state index >= 15 is 0 Å². The Morgan fingerprint density at radius 1 is 1.52 bits per heavy atom. The normalized spacial score (nSPS) is 22.4. The van der Waals surface area contributed by atoms with Gasteiger partial charge in [-0.2, -0.15) is 0 Å². The van der Waals surface area contributed by atoms with Gasteiger partial charge in [0.1, 0.15) is 12.2 Å². The molecule has 21 heavy (non-hydrogen) atoms. The summed E-state index contributed by atoms with van der Waals surface area (Å²) in [6.07, 6.45) is 3.27. The number of nitrogens with one attached hydrogen (secondary N) is 1. The van der Waals surface area contributed by atoms with Crippen molar-refractivity contribution in [3.05, 3.63) is 12.2 Å². The van der Waals surface area contributed by atoms with Crippen LogP contribution in [0.4, 0.5) is 0 Å². The molecule has 0 aromatic carbocycles. The van der Waals surface area contributed by atoms with E-state index in [-0.39, 0.29) is 6.54 Å². The SMILES string of the molecule is CCn1cnnc1CNS(=O)(=O)C1CCCC1C(=O)OC. The summed E-state index contributed by atoms with van der Waals surface area (Å²) in [6, 6.07) is 0. The van der Waals surface area contributed by atoms with Crippen molar-refractivity contribution in [3.8, 4) is 0 Å². The van der Waals surface area contributed by atoms with Crippen molar-refractivity contribution >= 4 is 16.0 Å². The number of aryl methyl sites for hydroxylation is 1. The number of hydrogen-bond donors (Lipinski definition) is 1. The van der Waals surface area contributed by atoms with E-state index in [1.54, 1.807) is 10.9 Å². The summed E-state index contributed by atoms with van der Waals surface area (Å²) in [6.45, 7) is 2.66. The standard InChI is InChI=1S/C12H20N4O4S/c1-3-16-8-13-15-11(16)7-14-21(18,19)10-6-4-5-9(10)12(17)20-2/h8-10,14H,3-7H2,1-2H3. The van der Waals surface area contributed by atoms with Gasteiger partial charge < -0.3 is 9.30 Å². The predicted octanol–water partition coefficient (Wildman–Crippen LogP) is 0.0591. The summed E-state index contributed by atoms with van der Waals surface area (Å²) < 4.78 is 33.7. The number of esters is 1. The number of carbonyl (C=O) groups excluding carboxylic acids is 1. The molecular weight excluding hydrogens is 296 g/mol. The maximum Gasteiger partial charge on any atom is 0.310 e. The zero-order chi connectivity index (χ0) is 15.5. The van der Waals surface area contributed by atoms with Crippen molar-refractivity contribution in [2.45, 2.75) is 44.5 Å². The largest absolute Gasteiger partial charge is 0.469 e. The van der Waals surface area contributed by atoms with Crippen molar-refractivity contribution in [2.75, 3.05) is 7.11 Å². The number of rotatable bonds is 6. The molecule has 1 heterocycles. The summed E-state index contributed by atoms with van der Waals surface area (Å²) in [5.41, 5.74) is 0. The van der Waals surface area contributed by atoms with Gasteiger partial charge in [0, 0.05) is 6.54 Å². The Bertz CT molecular complexity index is 598. The van der Waals surface area contributed by atoms with Crippen LogP contribution in [0.2, 0.25) is 0 Å². The molecule has 2 unspecified atom stereocenters. The van der Waals surface area contributed by atoms with Crippen molar-refractivity contribution in [1.82, 2.24) is 19.5 Å². The molecule has 1 saturated carbocycles. The van der Waals surface area contributed by atoms with E-state index in [0.717, 1.165) is 0 Å². The van der Waals surface area contributed by atoms with Gasteiger partial charge in [-0.05, 0) is 19.8 Å². The minimum atomic E-state index is -3.60. The van der Waals surface area contributed by atoms with Gasteiger partial charge in [-0.25, -0.2) is 13.1 Å². The summed E-state index contributed by atoms with van der Waals surface area (Å²) in [5, 5.41) is 6.90. The van der Waals surface area contributed by atoms with Gasteiger partial charge in [-0.3, -0.25) is 4.79 Å². The van der Waals surface area contributed by atoms with E-state index in [0.29, 0.717) is 31.6 Å². The third kappa shape index (κ3) is 3.41. The second kappa shape index (κ2) is 6.52. The van der Waals surface area contributed by atoms with Gasteiger partial charge in [-0.15, -0.1) is 10.2 Å². The Labute approximate surface area is 123 Å². The lowest BCUT2D eigenvalue weighted by Crippen LogP contribution is -2.39. The van der Waals surface area contributed by atoms with E-state index in [1.807, 2.05) is 6.92 Å². The summed E-state index contributed by atoms with van der Waals surface area (Å²) in [4.78, 5) is 11.7. The van der Waals surface area contributed by atoms with Gasteiger partial charge in [0.15, 0.2) is 0 Å². The summed E-state index contributed by atoms with van der Waals surface area (Å²) >= 11 is 0. The fraction of sp³-hybridized carbons (Fsp3) is 0.750. The third-order valence-electron chi connectivity index (χ3n) is 3.82. The molecule has 1 aliphatic carbocycles. The van der Waals surface area contributed by atoms with Crippen molar-refractivity contribution in [2.24, 2.45) is 5.92 Å². The number of hydrogen-bond acceptors (Lipinski definition) is 6. The Kier molecular flexibility index (Phi) is 4.94. The molecule has 118 valence electrons. The van der Waals surface area contributed by atoms with Crippen LogP contribution in [0.25, 0.3) is 0 Å². The average Bonchev–Trinajstić information content (AvgIpc) is 3.12. The van der Waals surface area contributed by atoms with Crippen molar-refractivity contribution < 1.29 is 17.9 Å². The van der Waals surface area contributed by atoms with Crippen LogP contribution in [0, 0.1) is 5.92 Å². The van der Waals surface area contributed by atoms with Crippen LogP contribution >= 0.6 is 0 Å². The molecule has 0 bridgehead atoms. The van der Waals surface area contributed by atoms with Crippen LogP contribution in [0.15, 0.2) is 6.33 Å². The Morgan fingerprint density at radius 3 is 2.95 bits per heavy atom. The molecule has 8 nitrogen and oxygen atoms in total. The first-order chi connectivity index (χ1) is 9.99. The van der Waals surface area contributed by atoms with Gasteiger partial charge in [0.05, 0.1) is 24.8 Å². The summed E-state index contributed by atoms with van der Waals surface area (Å²) in [5.74, 6) is -0.496. The quantitative estimate of drug-likeness (QED) is 0.744. The summed E-state index contributed by atoms with van der Waals surface area (Å²) in [7, 11) is -2.32. The van der Waals surface area contributed by atoms with Crippen molar-refractivity contribution in [3.63, 3.8) is 0 Å². The third-order valence-corrected chi connectivity index (χ3v) is 5.73. The lowest BCUT2D eigenvalue weighted by molar-refractivity contribution is -0.145. The first-order valence-corrected chi connectivity index (χ1v) is 8.47. The van der Waals surface area contributed by atoms with E-state index in [4.69, 9.17) is 0 Å². The predicted molar refractivity (Wildman–Crippen MR) is 74.6 cm³/mol. The molecule has 2 atom stereocenters.